The molecule has 6 nitrogen and oxygen atoms in total. The molecular formula is C21H24N4O2. The second kappa shape index (κ2) is 7.39. The van der Waals surface area contributed by atoms with Crippen LogP contribution in [-0.2, 0) is 18.3 Å². The third-order valence-electron chi connectivity index (χ3n) is 5.39. The number of carbonyl (C=O) groups excluding carboxylic acids is 1. The van der Waals surface area contributed by atoms with Crippen molar-refractivity contribution in [1.29, 1.82) is 0 Å². The third kappa shape index (κ3) is 3.52. The van der Waals surface area contributed by atoms with Crippen LogP contribution in [0.3, 0.4) is 0 Å². The fraction of sp³-hybridized carbons (Fsp3) is 0.381. The first-order chi connectivity index (χ1) is 13.2. The minimum absolute atomic E-state index is 0.209. The van der Waals surface area contributed by atoms with E-state index in [0.717, 1.165) is 54.1 Å². The quantitative estimate of drug-likeness (QED) is 0.698. The highest BCUT2D eigenvalue weighted by Gasteiger charge is 2.30. The maximum atomic E-state index is 12.7. The largest absolute Gasteiger partial charge is 0.497 e. The lowest BCUT2D eigenvalue weighted by Crippen LogP contribution is -2.28. The summed E-state index contributed by atoms with van der Waals surface area (Å²) in [7, 11) is 3.69. The number of hydrogen-bond acceptors (Lipinski definition) is 4. The van der Waals surface area contributed by atoms with Gasteiger partial charge in [-0.15, -0.1) is 0 Å². The Kier molecular flexibility index (Phi) is 4.79. The van der Waals surface area contributed by atoms with Gasteiger partial charge in [-0.3, -0.25) is 9.78 Å². The van der Waals surface area contributed by atoms with Crippen LogP contribution < -0.4 is 4.74 Å². The zero-order valence-electron chi connectivity index (χ0n) is 15.8. The molecule has 140 valence electrons. The number of imidazole rings is 1. The van der Waals surface area contributed by atoms with Crippen molar-refractivity contribution < 1.29 is 9.53 Å². The van der Waals surface area contributed by atoms with Crippen molar-refractivity contribution in [2.45, 2.75) is 25.2 Å². The van der Waals surface area contributed by atoms with E-state index in [-0.39, 0.29) is 11.8 Å². The molecule has 27 heavy (non-hydrogen) atoms. The van der Waals surface area contributed by atoms with Crippen molar-refractivity contribution in [3.8, 4) is 5.75 Å². The monoisotopic (exact) mass is 364 g/mol. The van der Waals surface area contributed by atoms with Gasteiger partial charge in [-0.1, -0.05) is 12.1 Å². The van der Waals surface area contributed by atoms with Gasteiger partial charge in [0.1, 0.15) is 11.6 Å². The van der Waals surface area contributed by atoms with Crippen molar-refractivity contribution in [2.24, 2.45) is 7.05 Å². The van der Waals surface area contributed by atoms with Crippen LogP contribution in [0.5, 0.6) is 5.75 Å². The molecule has 1 atom stereocenters. The van der Waals surface area contributed by atoms with Crippen LogP contribution in [-0.4, -0.2) is 45.5 Å². The summed E-state index contributed by atoms with van der Waals surface area (Å²) in [5.74, 6) is 2.36. The maximum absolute atomic E-state index is 12.7. The molecule has 6 heteroatoms. The second-order valence-electron chi connectivity index (χ2n) is 7.07. The molecule has 0 saturated carbocycles. The van der Waals surface area contributed by atoms with Gasteiger partial charge in [0.05, 0.1) is 24.3 Å². The number of nitrogens with zero attached hydrogens (tertiary/aromatic N) is 4. The SMILES string of the molecule is COc1cccc(CCC(=O)N2CC[C@@H](c3nc4ccncc4n3C)C2)c1. The molecule has 1 amide bonds. The Balaban J connectivity index is 1.39. The van der Waals surface area contributed by atoms with E-state index in [1.807, 2.05) is 48.5 Å². The number of carbonyl (C=O) groups is 1. The highest BCUT2D eigenvalue weighted by Crippen LogP contribution is 2.29. The molecule has 3 heterocycles. The summed E-state index contributed by atoms with van der Waals surface area (Å²) < 4.78 is 7.36. The summed E-state index contributed by atoms with van der Waals surface area (Å²) >= 11 is 0. The van der Waals surface area contributed by atoms with Crippen LogP contribution >= 0.6 is 0 Å². The Bertz CT molecular complexity index is 966. The first-order valence-corrected chi connectivity index (χ1v) is 9.32. The molecule has 1 aromatic carbocycles. The predicted octanol–water partition coefficient (Wildman–Crippen LogP) is 2.93. The van der Waals surface area contributed by atoms with Gasteiger partial charge in [-0.25, -0.2) is 4.98 Å². The molecule has 2 aromatic heterocycles. The molecular weight excluding hydrogens is 340 g/mol. The van der Waals surface area contributed by atoms with Crippen molar-refractivity contribution in [1.82, 2.24) is 19.4 Å². The number of aryl methyl sites for hydroxylation is 2. The number of ether oxygens (including phenoxy) is 1. The van der Waals surface area contributed by atoms with Crippen LogP contribution in [0.1, 0.15) is 30.1 Å². The van der Waals surface area contributed by atoms with Crippen molar-refractivity contribution in [2.75, 3.05) is 20.2 Å². The van der Waals surface area contributed by atoms with Gasteiger partial charge in [0, 0.05) is 38.7 Å². The van der Waals surface area contributed by atoms with Crippen LogP contribution in [0, 0.1) is 0 Å². The highest BCUT2D eigenvalue weighted by atomic mass is 16.5. The molecule has 0 aliphatic carbocycles. The molecule has 1 saturated heterocycles. The van der Waals surface area contributed by atoms with E-state index in [4.69, 9.17) is 9.72 Å². The number of hydrogen-bond donors (Lipinski definition) is 0. The summed E-state index contributed by atoms with van der Waals surface area (Å²) in [5.41, 5.74) is 3.13. The summed E-state index contributed by atoms with van der Waals surface area (Å²) in [6, 6.07) is 9.85. The molecule has 4 rings (SSSR count). The Labute approximate surface area is 158 Å². The fourth-order valence-corrected chi connectivity index (χ4v) is 3.85. The highest BCUT2D eigenvalue weighted by molar-refractivity contribution is 5.77. The minimum Gasteiger partial charge on any atom is -0.497 e. The van der Waals surface area contributed by atoms with E-state index in [2.05, 4.69) is 9.55 Å². The van der Waals surface area contributed by atoms with Gasteiger partial charge in [-0.2, -0.15) is 0 Å². The van der Waals surface area contributed by atoms with Crippen LogP contribution in [0.4, 0.5) is 0 Å². The number of fused-ring (bicyclic) bond motifs is 1. The zero-order chi connectivity index (χ0) is 18.8. The molecule has 3 aromatic rings. The van der Waals surface area contributed by atoms with E-state index in [1.165, 1.54) is 0 Å². The van der Waals surface area contributed by atoms with Crippen LogP contribution in [0.2, 0.25) is 0 Å². The standard InChI is InChI=1S/C21H24N4O2/c1-24-19-13-22-10-8-18(19)23-21(24)16-9-11-25(14-16)20(26)7-6-15-4-3-5-17(12-15)27-2/h3-5,8,10,12-13,16H,6-7,9,11,14H2,1-2H3/t16-/m1/s1. The number of rotatable bonds is 5. The number of amides is 1. The normalized spacial score (nSPS) is 16.8. The minimum atomic E-state index is 0.209. The number of pyridine rings is 1. The molecule has 0 N–H and O–H groups in total. The summed E-state index contributed by atoms with van der Waals surface area (Å²) in [6.07, 6.45) is 5.82. The first-order valence-electron chi connectivity index (χ1n) is 9.32. The molecule has 0 unspecified atom stereocenters. The summed E-state index contributed by atoms with van der Waals surface area (Å²) in [6.45, 7) is 1.53. The first kappa shape index (κ1) is 17.5. The van der Waals surface area contributed by atoms with Crippen molar-refractivity contribution in [3.05, 3.63) is 54.1 Å². The Morgan fingerprint density at radius 2 is 2.22 bits per heavy atom. The van der Waals surface area contributed by atoms with Crippen LogP contribution in [0.15, 0.2) is 42.7 Å². The lowest BCUT2D eigenvalue weighted by molar-refractivity contribution is -0.130. The topological polar surface area (TPSA) is 60.2 Å². The van der Waals surface area contributed by atoms with Gasteiger partial charge in [0.15, 0.2) is 0 Å². The van der Waals surface area contributed by atoms with E-state index >= 15 is 0 Å². The van der Waals surface area contributed by atoms with Gasteiger partial charge in [0.25, 0.3) is 0 Å². The number of likely N-dealkylation sites (tertiary alicyclic amines) is 1. The van der Waals surface area contributed by atoms with E-state index < -0.39 is 0 Å². The van der Waals surface area contributed by atoms with Crippen molar-refractivity contribution in [3.63, 3.8) is 0 Å². The Morgan fingerprint density at radius 1 is 1.33 bits per heavy atom. The van der Waals surface area contributed by atoms with Crippen LogP contribution in [0.25, 0.3) is 11.0 Å². The number of benzene rings is 1. The Morgan fingerprint density at radius 3 is 3.04 bits per heavy atom. The van der Waals surface area contributed by atoms with Gasteiger partial charge >= 0.3 is 0 Å². The second-order valence-corrected chi connectivity index (χ2v) is 7.07. The van der Waals surface area contributed by atoms with Crippen molar-refractivity contribution >= 4 is 16.9 Å². The molecule has 0 radical (unpaired) electrons. The molecule has 1 fully saturated rings. The summed E-state index contributed by atoms with van der Waals surface area (Å²) in [4.78, 5) is 23.6. The number of methoxy groups -OCH3 is 1. The van der Waals surface area contributed by atoms with E-state index in [1.54, 1.807) is 13.3 Å². The van der Waals surface area contributed by atoms with Gasteiger partial charge in [-0.05, 0) is 36.6 Å². The molecule has 0 spiro atoms. The fourth-order valence-electron chi connectivity index (χ4n) is 3.85. The smallest absolute Gasteiger partial charge is 0.222 e. The maximum Gasteiger partial charge on any atom is 0.222 e. The summed E-state index contributed by atoms with van der Waals surface area (Å²) in [5, 5.41) is 0. The Hall–Kier alpha value is -2.89. The predicted molar refractivity (Wildman–Crippen MR) is 104 cm³/mol. The third-order valence-corrected chi connectivity index (χ3v) is 5.39. The molecule has 0 bridgehead atoms. The lowest BCUT2D eigenvalue weighted by Gasteiger charge is -2.16. The molecule has 1 aliphatic heterocycles. The average Bonchev–Trinajstić information content (AvgIpc) is 3.32. The lowest BCUT2D eigenvalue weighted by atomic mass is 10.1. The van der Waals surface area contributed by atoms with E-state index in [9.17, 15) is 4.79 Å². The van der Waals surface area contributed by atoms with E-state index in [0.29, 0.717) is 6.42 Å². The van der Waals surface area contributed by atoms with Gasteiger partial charge in [0.2, 0.25) is 5.91 Å². The number of aromatic nitrogens is 3. The zero-order valence-corrected chi connectivity index (χ0v) is 15.8. The average molecular weight is 364 g/mol. The molecule has 1 aliphatic rings. The van der Waals surface area contributed by atoms with Gasteiger partial charge < -0.3 is 14.2 Å².